The first-order valence-electron chi connectivity index (χ1n) is 4.08. The summed E-state index contributed by atoms with van der Waals surface area (Å²) in [5, 5.41) is 0. The van der Waals surface area contributed by atoms with Gasteiger partial charge in [-0.1, -0.05) is 13.5 Å². The van der Waals surface area contributed by atoms with Crippen molar-refractivity contribution in [1.82, 2.24) is 0 Å². The Bertz CT molecular complexity index is 99.7. The Labute approximate surface area is 69.2 Å². The van der Waals surface area contributed by atoms with Crippen LogP contribution < -0.4 is 0 Å². The molecule has 0 heterocycles. The fraction of sp³-hybridized carbons (Fsp3) is 0.778. The highest BCUT2D eigenvalue weighted by atomic mass is 16.5. The van der Waals surface area contributed by atoms with Gasteiger partial charge in [0.25, 0.3) is 0 Å². The first-order valence-corrected chi connectivity index (χ1v) is 4.08. The van der Waals surface area contributed by atoms with Gasteiger partial charge < -0.3 is 9.47 Å². The smallest absolute Gasteiger partial charge is 0.113 e. The summed E-state index contributed by atoms with van der Waals surface area (Å²) in [5.41, 5.74) is 0. The average molecular weight is 158 g/mol. The minimum Gasteiger partial charge on any atom is -0.499 e. The largest absolute Gasteiger partial charge is 0.499 e. The van der Waals surface area contributed by atoms with Crippen molar-refractivity contribution < 1.29 is 9.47 Å². The second-order valence-corrected chi connectivity index (χ2v) is 2.72. The third-order valence-corrected chi connectivity index (χ3v) is 1.32. The second kappa shape index (κ2) is 6.23. The molecule has 0 fully saturated rings. The van der Waals surface area contributed by atoms with Gasteiger partial charge in [0.05, 0.1) is 18.5 Å². The van der Waals surface area contributed by atoms with Gasteiger partial charge in [-0.2, -0.15) is 0 Å². The van der Waals surface area contributed by atoms with E-state index in [1.54, 1.807) is 0 Å². The van der Waals surface area contributed by atoms with E-state index in [0.29, 0.717) is 6.61 Å². The van der Waals surface area contributed by atoms with Crippen LogP contribution in [0.5, 0.6) is 0 Å². The number of hydrogen-bond acceptors (Lipinski definition) is 2. The van der Waals surface area contributed by atoms with Gasteiger partial charge >= 0.3 is 0 Å². The van der Waals surface area contributed by atoms with E-state index in [1.807, 2.05) is 13.8 Å². The predicted octanol–water partition coefficient (Wildman–Crippen LogP) is 2.35. The lowest BCUT2D eigenvalue weighted by molar-refractivity contribution is -0.0276. The summed E-state index contributed by atoms with van der Waals surface area (Å²) in [6.07, 6.45) is 2.90. The van der Waals surface area contributed by atoms with Crippen LogP contribution in [0.1, 0.15) is 27.2 Å². The van der Waals surface area contributed by atoms with E-state index in [-0.39, 0.29) is 12.2 Å². The molecule has 66 valence electrons. The molecule has 0 aliphatic rings. The molecule has 0 amide bonds. The molecule has 0 spiro atoms. The zero-order valence-electron chi connectivity index (χ0n) is 7.67. The fourth-order valence-electron chi connectivity index (χ4n) is 0.814. The van der Waals surface area contributed by atoms with Crippen LogP contribution in [-0.2, 0) is 9.47 Å². The monoisotopic (exact) mass is 158 g/mol. The molecule has 0 saturated carbocycles. The lowest BCUT2D eigenvalue weighted by Crippen LogP contribution is -2.21. The van der Waals surface area contributed by atoms with Gasteiger partial charge in [0.2, 0.25) is 0 Å². The highest BCUT2D eigenvalue weighted by Gasteiger charge is 2.07. The maximum Gasteiger partial charge on any atom is 0.113 e. The zero-order chi connectivity index (χ0) is 8.69. The van der Waals surface area contributed by atoms with Gasteiger partial charge in [0.15, 0.2) is 0 Å². The first-order chi connectivity index (χ1) is 5.20. The Kier molecular flexibility index (Phi) is 5.94. The molecule has 1 atom stereocenters. The van der Waals surface area contributed by atoms with Crippen LogP contribution in [0.3, 0.4) is 0 Å². The topological polar surface area (TPSA) is 18.5 Å². The lowest BCUT2D eigenvalue weighted by atomic mass is 10.3. The standard InChI is InChI=1S/C9H18O2/c1-5-9(7-10-6-2)11-8(3)4/h6,8-9H,2,5,7H2,1,3-4H3. The molecule has 0 aliphatic carbocycles. The van der Waals surface area contributed by atoms with Crippen LogP contribution in [0.15, 0.2) is 12.8 Å². The van der Waals surface area contributed by atoms with E-state index in [4.69, 9.17) is 9.47 Å². The summed E-state index contributed by atoms with van der Waals surface area (Å²) < 4.78 is 10.6. The minimum atomic E-state index is 0.202. The third-order valence-electron chi connectivity index (χ3n) is 1.32. The molecule has 11 heavy (non-hydrogen) atoms. The van der Waals surface area contributed by atoms with Crippen molar-refractivity contribution in [2.75, 3.05) is 6.61 Å². The Hall–Kier alpha value is -0.500. The van der Waals surface area contributed by atoms with Gasteiger partial charge in [0.1, 0.15) is 6.61 Å². The fourth-order valence-corrected chi connectivity index (χ4v) is 0.814. The van der Waals surface area contributed by atoms with Crippen LogP contribution in [-0.4, -0.2) is 18.8 Å². The quantitative estimate of drug-likeness (QED) is 0.552. The Morgan fingerprint density at radius 1 is 1.45 bits per heavy atom. The molecule has 0 aromatic rings. The summed E-state index contributed by atoms with van der Waals surface area (Å²) in [7, 11) is 0. The van der Waals surface area contributed by atoms with Gasteiger partial charge in [-0.15, -0.1) is 0 Å². The van der Waals surface area contributed by atoms with E-state index < -0.39 is 0 Å². The van der Waals surface area contributed by atoms with Crippen molar-refractivity contribution in [2.24, 2.45) is 0 Å². The molecule has 0 bridgehead atoms. The van der Waals surface area contributed by atoms with E-state index in [0.717, 1.165) is 6.42 Å². The number of rotatable bonds is 6. The molecule has 2 nitrogen and oxygen atoms in total. The summed E-state index contributed by atoms with van der Waals surface area (Å²) in [6, 6.07) is 0. The molecule has 2 heteroatoms. The molecule has 0 N–H and O–H groups in total. The Morgan fingerprint density at radius 3 is 2.45 bits per heavy atom. The van der Waals surface area contributed by atoms with Crippen molar-refractivity contribution in [3.63, 3.8) is 0 Å². The first kappa shape index (κ1) is 10.5. The van der Waals surface area contributed by atoms with Crippen LogP contribution in [0, 0.1) is 0 Å². The maximum absolute atomic E-state index is 5.53. The minimum absolute atomic E-state index is 0.202. The van der Waals surface area contributed by atoms with E-state index in [9.17, 15) is 0 Å². The van der Waals surface area contributed by atoms with Crippen molar-refractivity contribution in [3.8, 4) is 0 Å². The van der Waals surface area contributed by atoms with Crippen molar-refractivity contribution in [3.05, 3.63) is 12.8 Å². The normalized spacial score (nSPS) is 13.1. The molecular formula is C9H18O2. The van der Waals surface area contributed by atoms with Gasteiger partial charge in [0, 0.05) is 0 Å². The highest BCUT2D eigenvalue weighted by Crippen LogP contribution is 2.02. The molecule has 0 aromatic heterocycles. The summed E-state index contributed by atoms with van der Waals surface area (Å²) in [4.78, 5) is 0. The van der Waals surface area contributed by atoms with Crippen LogP contribution in [0.25, 0.3) is 0 Å². The van der Waals surface area contributed by atoms with E-state index in [2.05, 4.69) is 13.5 Å². The van der Waals surface area contributed by atoms with E-state index >= 15 is 0 Å². The zero-order valence-corrected chi connectivity index (χ0v) is 7.67. The van der Waals surface area contributed by atoms with Crippen LogP contribution >= 0.6 is 0 Å². The summed E-state index contributed by atoms with van der Waals surface area (Å²) >= 11 is 0. The maximum atomic E-state index is 5.53. The van der Waals surface area contributed by atoms with E-state index in [1.165, 1.54) is 6.26 Å². The van der Waals surface area contributed by atoms with Gasteiger partial charge in [-0.05, 0) is 20.3 Å². The van der Waals surface area contributed by atoms with Crippen LogP contribution in [0.4, 0.5) is 0 Å². The SMILES string of the molecule is C=COCC(CC)OC(C)C. The van der Waals surface area contributed by atoms with Gasteiger partial charge in [-0.25, -0.2) is 0 Å². The van der Waals surface area contributed by atoms with Crippen molar-refractivity contribution >= 4 is 0 Å². The summed E-state index contributed by atoms with van der Waals surface area (Å²) in [6.45, 7) is 10.2. The van der Waals surface area contributed by atoms with Gasteiger partial charge in [-0.3, -0.25) is 0 Å². The number of ether oxygens (including phenoxy) is 2. The Balaban J connectivity index is 3.48. The molecule has 0 radical (unpaired) electrons. The Morgan fingerprint density at radius 2 is 2.09 bits per heavy atom. The van der Waals surface area contributed by atoms with Crippen molar-refractivity contribution in [1.29, 1.82) is 0 Å². The molecule has 0 saturated heterocycles. The molecule has 0 aliphatic heterocycles. The summed E-state index contributed by atoms with van der Waals surface area (Å²) in [5.74, 6) is 0. The van der Waals surface area contributed by atoms with Crippen LogP contribution in [0.2, 0.25) is 0 Å². The third kappa shape index (κ3) is 5.92. The molecule has 0 aromatic carbocycles. The average Bonchev–Trinajstić information content (AvgIpc) is 1.97. The molecular weight excluding hydrogens is 140 g/mol. The predicted molar refractivity (Wildman–Crippen MR) is 46.4 cm³/mol. The number of hydrogen-bond donors (Lipinski definition) is 0. The molecule has 0 rings (SSSR count). The molecule has 1 unspecified atom stereocenters. The lowest BCUT2D eigenvalue weighted by Gasteiger charge is -2.17. The highest BCUT2D eigenvalue weighted by molar-refractivity contribution is 4.58. The van der Waals surface area contributed by atoms with Crippen molar-refractivity contribution in [2.45, 2.75) is 39.4 Å². The second-order valence-electron chi connectivity index (χ2n) is 2.72.